The third-order valence-electron chi connectivity index (χ3n) is 16.5. The molecule has 0 saturated carbocycles. The molecule has 0 aliphatic carbocycles. The summed E-state index contributed by atoms with van der Waals surface area (Å²) >= 11 is 0. The molecule has 6 heteroatoms. The molecule has 0 aliphatic rings. The minimum Gasteiger partial charge on any atom is -1.00 e. The Bertz CT molecular complexity index is 2040. The average molecular weight is 1440 g/mol. The molecule has 0 spiro atoms. The van der Waals surface area contributed by atoms with Crippen LogP contribution in [0.5, 0.6) is 0 Å². The van der Waals surface area contributed by atoms with Crippen LogP contribution < -0.4 is 85.6 Å². The monoisotopic (exact) mass is 1440 g/mol. The van der Waals surface area contributed by atoms with Crippen LogP contribution in [0.15, 0.2) is 128 Å². The SMILES string of the molecule is CCCCCCCCCCCCCCCC[n+]1ccc2ccccc2c1.CCCCCCCCCCCCCCCC[n+]1ccc2ccccc2c1.CCCCCCCCCCCCCCCC[n+]1ccc2ccccc2c1.[I-].[I-].[I-]. The fourth-order valence-electron chi connectivity index (χ4n) is 11.4. The number of unbranched alkanes of at least 4 members (excludes halogenated alkanes) is 39. The molecule has 0 saturated heterocycles. The summed E-state index contributed by atoms with van der Waals surface area (Å²) in [6.07, 6.45) is 73.5. The van der Waals surface area contributed by atoms with Crippen molar-refractivity contribution in [2.45, 2.75) is 310 Å². The molecule has 3 aromatic carbocycles. The van der Waals surface area contributed by atoms with E-state index in [1.807, 2.05) is 0 Å². The molecule has 0 unspecified atom stereocenters. The summed E-state index contributed by atoms with van der Waals surface area (Å²) in [7, 11) is 0. The van der Waals surface area contributed by atoms with Crippen LogP contribution in [0.2, 0.25) is 0 Å². The Kier molecular flexibility index (Phi) is 53.2. The maximum absolute atomic E-state index is 2.35. The maximum Gasteiger partial charge on any atom is 0.176 e. The van der Waals surface area contributed by atoms with E-state index in [-0.39, 0.29) is 71.9 Å². The molecule has 0 fully saturated rings. The van der Waals surface area contributed by atoms with Crippen molar-refractivity contribution in [3.8, 4) is 0 Å². The van der Waals surface area contributed by atoms with Crippen molar-refractivity contribution in [3.05, 3.63) is 128 Å². The van der Waals surface area contributed by atoms with Crippen LogP contribution >= 0.6 is 0 Å². The van der Waals surface area contributed by atoms with Crippen molar-refractivity contribution in [1.82, 2.24) is 0 Å². The van der Waals surface area contributed by atoms with Gasteiger partial charge in [-0.1, -0.05) is 307 Å². The predicted octanol–water partition coefficient (Wildman–Crippen LogP) is 13.8. The Labute approximate surface area is 551 Å². The van der Waals surface area contributed by atoms with Gasteiger partial charge in [-0.15, -0.1) is 0 Å². The highest BCUT2D eigenvalue weighted by molar-refractivity contribution is 5.81. The Morgan fingerprint density at radius 3 is 0.543 bits per heavy atom. The van der Waals surface area contributed by atoms with E-state index in [0.29, 0.717) is 0 Å². The summed E-state index contributed by atoms with van der Waals surface area (Å²) in [5.41, 5.74) is 0. The minimum atomic E-state index is 0. The molecule has 6 aromatic rings. The molecule has 6 rings (SSSR count). The first-order valence-corrected chi connectivity index (χ1v) is 33.8. The van der Waals surface area contributed by atoms with Gasteiger partial charge in [0, 0.05) is 53.6 Å². The summed E-state index contributed by atoms with van der Waals surface area (Å²) in [6.45, 7) is 10.3. The highest BCUT2D eigenvalue weighted by atomic mass is 127. The van der Waals surface area contributed by atoms with E-state index in [0.717, 1.165) is 19.6 Å². The number of fused-ring (bicyclic) bond motifs is 3. The number of rotatable bonds is 45. The molecule has 0 atom stereocenters. The lowest BCUT2D eigenvalue weighted by atomic mass is 10.0. The van der Waals surface area contributed by atoms with Crippen molar-refractivity contribution in [2.75, 3.05) is 0 Å². The summed E-state index contributed by atoms with van der Waals surface area (Å²) in [4.78, 5) is 0. The molecule has 3 heterocycles. The molecule has 0 radical (unpaired) electrons. The first-order valence-electron chi connectivity index (χ1n) is 33.8. The predicted molar refractivity (Wildman–Crippen MR) is 343 cm³/mol. The lowest BCUT2D eigenvalue weighted by Gasteiger charge is -2.03. The average Bonchev–Trinajstić information content (AvgIpc) is 3.49. The van der Waals surface area contributed by atoms with Crippen LogP contribution in [-0.4, -0.2) is 0 Å². The van der Waals surface area contributed by atoms with Crippen LogP contribution in [0.3, 0.4) is 0 Å². The number of pyridine rings is 3. The van der Waals surface area contributed by atoms with Gasteiger partial charge in [0.15, 0.2) is 37.2 Å². The van der Waals surface area contributed by atoms with Gasteiger partial charge >= 0.3 is 0 Å². The van der Waals surface area contributed by atoms with E-state index in [4.69, 9.17) is 0 Å². The fraction of sp³-hybridized carbons (Fsp3) is 0.640. The molecule has 0 amide bonds. The third-order valence-corrected chi connectivity index (χ3v) is 16.5. The van der Waals surface area contributed by atoms with Crippen LogP contribution in [0.4, 0.5) is 0 Å². The standard InChI is InChI=1S/3C25H40N.3HI/c3*1-2-3-4-5-6-7-8-9-10-11-12-13-14-17-21-26-22-20-24-18-15-16-19-25(24)23-26;;;/h3*15-16,18-20,22-23H,2-14,17,21H2,1H3;3*1H/q3*+1;;;/p-3. The van der Waals surface area contributed by atoms with Gasteiger partial charge in [-0.05, 0) is 53.6 Å². The molecule has 3 nitrogen and oxygen atoms in total. The number of benzene rings is 3. The normalized spacial score (nSPS) is 10.9. The smallest absolute Gasteiger partial charge is 0.176 e. The van der Waals surface area contributed by atoms with Gasteiger partial charge in [0.25, 0.3) is 0 Å². The van der Waals surface area contributed by atoms with E-state index in [1.54, 1.807) is 0 Å². The van der Waals surface area contributed by atoms with Crippen molar-refractivity contribution >= 4 is 32.3 Å². The second kappa shape index (κ2) is 55.9. The Morgan fingerprint density at radius 1 is 0.198 bits per heavy atom. The summed E-state index contributed by atoms with van der Waals surface area (Å²) < 4.78 is 7.05. The summed E-state index contributed by atoms with van der Waals surface area (Å²) in [5.74, 6) is 0. The second-order valence-electron chi connectivity index (χ2n) is 23.7. The highest BCUT2D eigenvalue weighted by Gasteiger charge is 2.06. The first-order chi connectivity index (χ1) is 38.7. The van der Waals surface area contributed by atoms with E-state index in [1.165, 1.54) is 302 Å². The summed E-state index contributed by atoms with van der Waals surface area (Å²) in [5, 5.41) is 8.06. The molecule has 0 aliphatic heterocycles. The third kappa shape index (κ3) is 40.2. The van der Waals surface area contributed by atoms with Crippen molar-refractivity contribution in [2.24, 2.45) is 0 Å². The van der Waals surface area contributed by atoms with Gasteiger partial charge < -0.3 is 71.9 Å². The zero-order valence-corrected chi connectivity index (χ0v) is 58.9. The number of aryl methyl sites for hydroxylation is 3. The Morgan fingerprint density at radius 2 is 0.358 bits per heavy atom. The van der Waals surface area contributed by atoms with E-state index in [9.17, 15) is 0 Å². The van der Waals surface area contributed by atoms with Crippen LogP contribution in [0.1, 0.15) is 290 Å². The lowest BCUT2D eigenvalue weighted by molar-refractivity contribution is -0.696. The fourth-order valence-corrected chi connectivity index (χ4v) is 11.4. The van der Waals surface area contributed by atoms with Crippen LogP contribution in [0.25, 0.3) is 32.3 Å². The van der Waals surface area contributed by atoms with Gasteiger partial charge in [0.2, 0.25) is 0 Å². The highest BCUT2D eigenvalue weighted by Crippen LogP contribution is 2.18. The molecule has 456 valence electrons. The van der Waals surface area contributed by atoms with Gasteiger partial charge in [-0.3, -0.25) is 0 Å². The number of hydrogen-bond donors (Lipinski definition) is 0. The lowest BCUT2D eigenvalue weighted by Crippen LogP contribution is -3.00. The number of aromatic nitrogens is 3. The van der Waals surface area contributed by atoms with Crippen molar-refractivity contribution in [3.63, 3.8) is 0 Å². The number of nitrogens with zero attached hydrogens (tertiary/aromatic N) is 3. The topological polar surface area (TPSA) is 11.6 Å². The molecule has 0 bridgehead atoms. The van der Waals surface area contributed by atoms with E-state index >= 15 is 0 Å². The molecular formula is C75H120I3N3. The Hall–Kier alpha value is -1.92. The summed E-state index contributed by atoms with van der Waals surface area (Å²) in [6, 6.07) is 32.6. The molecular weight excluding hydrogens is 1320 g/mol. The van der Waals surface area contributed by atoms with Gasteiger partial charge in [0.1, 0.15) is 19.6 Å². The number of hydrogen-bond acceptors (Lipinski definition) is 0. The molecule has 81 heavy (non-hydrogen) atoms. The van der Waals surface area contributed by atoms with Gasteiger partial charge in [-0.25, -0.2) is 13.7 Å². The minimum absolute atomic E-state index is 0. The van der Waals surface area contributed by atoms with Crippen molar-refractivity contribution < 1.29 is 85.6 Å². The zero-order valence-electron chi connectivity index (χ0n) is 52.4. The second-order valence-corrected chi connectivity index (χ2v) is 23.7. The maximum atomic E-state index is 2.35. The van der Waals surface area contributed by atoms with Crippen LogP contribution in [0, 0.1) is 0 Å². The van der Waals surface area contributed by atoms with Gasteiger partial charge in [-0.2, -0.15) is 0 Å². The van der Waals surface area contributed by atoms with E-state index < -0.39 is 0 Å². The molecule has 0 N–H and O–H groups in total. The first kappa shape index (κ1) is 77.1. The van der Waals surface area contributed by atoms with Crippen molar-refractivity contribution in [1.29, 1.82) is 0 Å². The Balaban J connectivity index is 0.000000596. The van der Waals surface area contributed by atoms with Crippen LogP contribution in [-0.2, 0) is 19.6 Å². The zero-order chi connectivity index (χ0) is 54.9. The van der Waals surface area contributed by atoms with E-state index in [2.05, 4.69) is 163 Å². The number of halogens is 3. The largest absolute Gasteiger partial charge is 1.00 e. The quantitative estimate of drug-likeness (QED) is 0.0205. The van der Waals surface area contributed by atoms with Gasteiger partial charge in [0.05, 0.1) is 0 Å². The molecule has 3 aromatic heterocycles.